The lowest BCUT2D eigenvalue weighted by Gasteiger charge is -2.14. The Labute approximate surface area is 187 Å². The number of benzene rings is 2. The highest BCUT2D eigenvalue weighted by Crippen LogP contribution is 2.32. The van der Waals surface area contributed by atoms with Crippen molar-refractivity contribution < 1.29 is 32.5 Å². The van der Waals surface area contributed by atoms with E-state index in [4.69, 9.17) is 9.47 Å². The maximum atomic E-state index is 12.7. The Morgan fingerprint density at radius 1 is 1.19 bits per heavy atom. The fourth-order valence-electron chi connectivity index (χ4n) is 3.09. The first-order chi connectivity index (χ1) is 15.2. The number of nitrogens with zero attached hydrogens (tertiary/aromatic N) is 1. The zero-order valence-electron chi connectivity index (χ0n) is 17.5. The highest BCUT2D eigenvalue weighted by atomic mass is 32.1. The number of ether oxygens (including phenoxy) is 2. The van der Waals surface area contributed by atoms with Crippen molar-refractivity contribution >= 4 is 17.3 Å². The molecule has 5 nitrogen and oxygen atoms in total. The van der Waals surface area contributed by atoms with Crippen molar-refractivity contribution in [1.82, 2.24) is 4.98 Å². The van der Waals surface area contributed by atoms with Crippen LogP contribution < -0.4 is 4.74 Å². The van der Waals surface area contributed by atoms with E-state index in [-0.39, 0.29) is 13.0 Å². The minimum Gasteiger partial charge on any atom is -0.487 e. The molecule has 0 fully saturated rings. The summed E-state index contributed by atoms with van der Waals surface area (Å²) in [5, 5.41) is 11.6. The van der Waals surface area contributed by atoms with Gasteiger partial charge in [-0.3, -0.25) is 0 Å². The van der Waals surface area contributed by atoms with Crippen molar-refractivity contribution in [2.24, 2.45) is 0 Å². The topological polar surface area (TPSA) is 68.7 Å². The maximum Gasteiger partial charge on any atom is 0.416 e. The van der Waals surface area contributed by atoms with Gasteiger partial charge in [0.1, 0.15) is 17.4 Å². The Balaban J connectivity index is 1.62. The van der Waals surface area contributed by atoms with Gasteiger partial charge in [-0.1, -0.05) is 24.3 Å². The van der Waals surface area contributed by atoms with Crippen molar-refractivity contribution in [3.63, 3.8) is 0 Å². The smallest absolute Gasteiger partial charge is 0.416 e. The summed E-state index contributed by atoms with van der Waals surface area (Å²) in [5.41, 5.74) is 2.25. The standard InChI is InChI=1S/C23H22F3NO4S/c1-3-30-20(22(28)29)11-15-4-9-19(14(2)10-15)31-12-18-13-32-21(27-18)16-5-7-17(8-6-16)23(24,25)26/h4-10,13,20H,3,11-12H2,1-2H3,(H,28,29). The van der Waals surface area contributed by atoms with Crippen LogP contribution in [0.3, 0.4) is 0 Å². The monoisotopic (exact) mass is 465 g/mol. The summed E-state index contributed by atoms with van der Waals surface area (Å²) in [6, 6.07) is 10.3. The Bertz CT molecular complexity index is 1060. The van der Waals surface area contributed by atoms with E-state index in [0.29, 0.717) is 28.6 Å². The number of carboxylic acids is 1. The van der Waals surface area contributed by atoms with Crippen molar-refractivity contribution in [2.45, 2.75) is 39.2 Å². The van der Waals surface area contributed by atoms with E-state index < -0.39 is 23.8 Å². The van der Waals surface area contributed by atoms with Crippen LogP contribution in [0.15, 0.2) is 47.8 Å². The predicted octanol–water partition coefficient (Wildman–Crippen LogP) is 5.75. The Morgan fingerprint density at radius 2 is 1.91 bits per heavy atom. The van der Waals surface area contributed by atoms with E-state index in [2.05, 4.69) is 4.98 Å². The number of halogens is 3. The van der Waals surface area contributed by atoms with E-state index in [1.807, 2.05) is 13.0 Å². The summed E-state index contributed by atoms with van der Waals surface area (Å²) < 4.78 is 49.2. The van der Waals surface area contributed by atoms with Crippen LogP contribution in [0.5, 0.6) is 5.75 Å². The molecule has 3 aromatic rings. The zero-order valence-corrected chi connectivity index (χ0v) is 18.3. The first-order valence-electron chi connectivity index (χ1n) is 9.86. The summed E-state index contributed by atoms with van der Waals surface area (Å²) in [6.45, 7) is 4.14. The van der Waals surface area contributed by atoms with Crippen molar-refractivity contribution in [1.29, 1.82) is 0 Å². The van der Waals surface area contributed by atoms with Crippen LogP contribution in [0.2, 0.25) is 0 Å². The average Bonchev–Trinajstić information content (AvgIpc) is 3.21. The molecule has 0 bridgehead atoms. The van der Waals surface area contributed by atoms with Crippen LogP contribution in [-0.2, 0) is 28.7 Å². The molecule has 1 atom stereocenters. The summed E-state index contributed by atoms with van der Waals surface area (Å²) in [5.74, 6) is -0.363. The molecule has 0 spiro atoms. The SMILES string of the molecule is CCOC(Cc1ccc(OCc2csc(-c3ccc(C(F)(F)F)cc3)n2)c(C)c1)C(=O)O. The fourth-order valence-corrected chi connectivity index (χ4v) is 3.90. The third-order valence-electron chi connectivity index (χ3n) is 4.69. The van der Waals surface area contributed by atoms with E-state index in [9.17, 15) is 23.1 Å². The van der Waals surface area contributed by atoms with Gasteiger partial charge in [-0.15, -0.1) is 11.3 Å². The molecule has 1 unspecified atom stereocenters. The van der Waals surface area contributed by atoms with Gasteiger partial charge in [-0.25, -0.2) is 9.78 Å². The van der Waals surface area contributed by atoms with E-state index in [1.54, 1.807) is 24.4 Å². The highest BCUT2D eigenvalue weighted by molar-refractivity contribution is 7.13. The number of hydrogen-bond acceptors (Lipinski definition) is 5. The molecular formula is C23H22F3NO4S. The molecule has 1 aromatic heterocycles. The number of aryl methyl sites for hydroxylation is 1. The lowest BCUT2D eigenvalue weighted by Crippen LogP contribution is -2.26. The number of thiazole rings is 1. The fraction of sp³-hybridized carbons (Fsp3) is 0.304. The third-order valence-corrected chi connectivity index (χ3v) is 5.63. The Morgan fingerprint density at radius 3 is 2.50 bits per heavy atom. The normalized spacial score (nSPS) is 12.5. The molecule has 0 saturated heterocycles. The first kappa shape index (κ1) is 23.7. The Kier molecular flexibility index (Phi) is 7.52. The molecule has 0 saturated carbocycles. The molecule has 1 heterocycles. The van der Waals surface area contributed by atoms with Gasteiger partial charge < -0.3 is 14.6 Å². The molecule has 0 amide bonds. The van der Waals surface area contributed by atoms with Crippen LogP contribution >= 0.6 is 11.3 Å². The zero-order chi connectivity index (χ0) is 23.3. The molecule has 2 aromatic carbocycles. The van der Waals surface area contributed by atoms with Crippen LogP contribution in [0.1, 0.15) is 29.3 Å². The summed E-state index contributed by atoms with van der Waals surface area (Å²) >= 11 is 1.33. The van der Waals surface area contributed by atoms with E-state index in [1.165, 1.54) is 23.5 Å². The van der Waals surface area contributed by atoms with Crippen molar-refractivity contribution in [3.05, 3.63) is 70.2 Å². The molecule has 0 aliphatic heterocycles. The molecular weight excluding hydrogens is 443 g/mol. The molecule has 3 rings (SSSR count). The van der Waals surface area contributed by atoms with Crippen LogP contribution in [0, 0.1) is 6.92 Å². The lowest BCUT2D eigenvalue weighted by atomic mass is 10.0. The summed E-state index contributed by atoms with van der Waals surface area (Å²) in [6.07, 6.45) is -5.01. The average molecular weight is 465 g/mol. The molecule has 9 heteroatoms. The number of rotatable bonds is 9. The molecule has 1 N–H and O–H groups in total. The third kappa shape index (κ3) is 6.08. The van der Waals surface area contributed by atoms with Gasteiger partial charge in [-0.05, 0) is 43.2 Å². The second kappa shape index (κ2) is 10.1. The number of aromatic nitrogens is 1. The number of hydrogen-bond donors (Lipinski definition) is 1. The van der Waals surface area contributed by atoms with Gasteiger partial charge in [0.15, 0.2) is 6.10 Å². The summed E-state index contributed by atoms with van der Waals surface area (Å²) in [4.78, 5) is 15.7. The second-order valence-corrected chi connectivity index (χ2v) is 7.95. The molecule has 0 aliphatic carbocycles. The number of alkyl halides is 3. The second-order valence-electron chi connectivity index (χ2n) is 7.09. The van der Waals surface area contributed by atoms with E-state index in [0.717, 1.165) is 23.3 Å². The molecule has 0 aliphatic rings. The molecule has 32 heavy (non-hydrogen) atoms. The number of carbonyl (C=O) groups is 1. The van der Waals surface area contributed by atoms with Crippen LogP contribution in [-0.4, -0.2) is 28.8 Å². The van der Waals surface area contributed by atoms with Gasteiger partial charge in [-0.2, -0.15) is 13.2 Å². The first-order valence-corrected chi connectivity index (χ1v) is 10.7. The quantitative estimate of drug-likeness (QED) is 0.436. The predicted molar refractivity (Wildman–Crippen MR) is 115 cm³/mol. The van der Waals surface area contributed by atoms with E-state index >= 15 is 0 Å². The molecule has 170 valence electrons. The lowest BCUT2D eigenvalue weighted by molar-refractivity contribution is -0.150. The number of carboxylic acid groups (broad SMARTS) is 1. The van der Waals surface area contributed by atoms with Gasteiger partial charge in [0.05, 0.1) is 11.3 Å². The number of aliphatic carboxylic acids is 1. The summed E-state index contributed by atoms with van der Waals surface area (Å²) in [7, 11) is 0. The maximum absolute atomic E-state index is 12.7. The van der Waals surface area contributed by atoms with Crippen molar-refractivity contribution in [3.8, 4) is 16.3 Å². The van der Waals surface area contributed by atoms with Gasteiger partial charge in [0.25, 0.3) is 0 Å². The van der Waals surface area contributed by atoms with Gasteiger partial charge >= 0.3 is 12.1 Å². The Hall–Kier alpha value is -2.91. The van der Waals surface area contributed by atoms with Crippen molar-refractivity contribution in [2.75, 3.05) is 6.61 Å². The minimum absolute atomic E-state index is 0.202. The van der Waals surface area contributed by atoms with Gasteiger partial charge in [0.2, 0.25) is 0 Å². The van der Waals surface area contributed by atoms with Gasteiger partial charge in [0, 0.05) is 24.0 Å². The highest BCUT2D eigenvalue weighted by Gasteiger charge is 2.30. The van der Waals surface area contributed by atoms with Crippen LogP contribution in [0.4, 0.5) is 13.2 Å². The minimum atomic E-state index is -4.37. The van der Waals surface area contributed by atoms with Crippen LogP contribution in [0.25, 0.3) is 10.6 Å². The largest absolute Gasteiger partial charge is 0.487 e. The molecule has 0 radical (unpaired) electrons.